The molecule has 2 aromatic carbocycles. The van der Waals surface area contributed by atoms with Crippen molar-refractivity contribution in [1.29, 1.82) is 0 Å². The molecule has 0 bridgehead atoms. The van der Waals surface area contributed by atoms with Gasteiger partial charge >= 0.3 is 0 Å². The van der Waals surface area contributed by atoms with Crippen LogP contribution in [0.5, 0.6) is 5.75 Å². The van der Waals surface area contributed by atoms with Gasteiger partial charge in [-0.2, -0.15) is 0 Å². The van der Waals surface area contributed by atoms with Gasteiger partial charge in [0.05, 0.1) is 23.6 Å². The predicted octanol–water partition coefficient (Wildman–Crippen LogP) is 3.82. The van der Waals surface area contributed by atoms with Crippen LogP contribution in [0.25, 0.3) is 0 Å². The largest absolute Gasteiger partial charge is 0.495 e. The van der Waals surface area contributed by atoms with Crippen molar-refractivity contribution in [2.45, 2.75) is 11.3 Å². The molecule has 0 saturated carbocycles. The molecule has 0 unspecified atom stereocenters. The molecular formula is C18H17ClN2O3S. The summed E-state index contributed by atoms with van der Waals surface area (Å²) in [4.78, 5) is 27.1. The minimum absolute atomic E-state index is 0.0176. The molecule has 2 aromatic rings. The van der Waals surface area contributed by atoms with E-state index in [-0.39, 0.29) is 18.2 Å². The molecule has 0 radical (unpaired) electrons. The van der Waals surface area contributed by atoms with E-state index in [0.29, 0.717) is 28.8 Å². The first kappa shape index (κ1) is 17.6. The lowest BCUT2D eigenvalue weighted by Gasteiger charge is -2.28. The standard InChI is InChI=1S/C18H17ClN2O3S/c1-24-15-7-6-12(10-13(15)19)20-17(22)8-9-21-14-4-2-3-5-16(14)25-11-18(21)23/h2-7,10H,8-9,11H2,1H3,(H,20,22). The minimum Gasteiger partial charge on any atom is -0.495 e. The van der Waals surface area contributed by atoms with Crippen LogP contribution in [0.3, 0.4) is 0 Å². The molecule has 0 aliphatic carbocycles. The molecule has 0 saturated heterocycles. The molecular weight excluding hydrogens is 360 g/mol. The fourth-order valence-corrected chi connectivity index (χ4v) is 3.77. The summed E-state index contributed by atoms with van der Waals surface area (Å²) in [5, 5.41) is 3.22. The number of nitrogens with zero attached hydrogens (tertiary/aromatic N) is 1. The van der Waals surface area contributed by atoms with Gasteiger partial charge in [0.25, 0.3) is 0 Å². The lowest BCUT2D eigenvalue weighted by molar-refractivity contribution is -0.117. The maximum absolute atomic E-state index is 12.2. The lowest BCUT2D eigenvalue weighted by atomic mass is 10.2. The van der Waals surface area contributed by atoms with Gasteiger partial charge in [-0.25, -0.2) is 0 Å². The molecule has 2 amide bonds. The highest BCUT2D eigenvalue weighted by Gasteiger charge is 2.24. The Labute approximate surface area is 155 Å². The van der Waals surface area contributed by atoms with E-state index in [0.717, 1.165) is 10.6 Å². The number of benzene rings is 2. The molecule has 7 heteroatoms. The molecule has 0 atom stereocenters. The monoisotopic (exact) mass is 376 g/mol. The van der Waals surface area contributed by atoms with E-state index >= 15 is 0 Å². The number of hydrogen-bond acceptors (Lipinski definition) is 4. The number of ether oxygens (including phenoxy) is 1. The Morgan fingerprint density at radius 3 is 2.88 bits per heavy atom. The third-order valence-electron chi connectivity index (χ3n) is 3.81. The smallest absolute Gasteiger partial charge is 0.237 e. The van der Waals surface area contributed by atoms with E-state index in [4.69, 9.17) is 16.3 Å². The van der Waals surface area contributed by atoms with Gasteiger partial charge in [-0.15, -0.1) is 11.8 Å². The quantitative estimate of drug-likeness (QED) is 0.861. The van der Waals surface area contributed by atoms with Gasteiger partial charge in [-0.05, 0) is 30.3 Å². The van der Waals surface area contributed by atoms with Gasteiger partial charge < -0.3 is 15.0 Å². The number of carbonyl (C=O) groups excluding carboxylic acids is 2. The number of rotatable bonds is 5. The number of fused-ring (bicyclic) bond motifs is 1. The van der Waals surface area contributed by atoms with Crippen molar-refractivity contribution in [3.8, 4) is 5.75 Å². The molecule has 0 fully saturated rings. The summed E-state index contributed by atoms with van der Waals surface area (Å²) in [7, 11) is 1.53. The fraction of sp³-hybridized carbons (Fsp3) is 0.222. The predicted molar refractivity (Wildman–Crippen MR) is 101 cm³/mol. The number of para-hydroxylation sites is 1. The van der Waals surface area contributed by atoms with Crippen LogP contribution in [0.2, 0.25) is 5.02 Å². The van der Waals surface area contributed by atoms with Crippen LogP contribution in [-0.4, -0.2) is 31.2 Å². The zero-order valence-electron chi connectivity index (χ0n) is 13.6. The van der Waals surface area contributed by atoms with E-state index in [1.54, 1.807) is 23.1 Å². The van der Waals surface area contributed by atoms with E-state index < -0.39 is 0 Å². The average molecular weight is 377 g/mol. The van der Waals surface area contributed by atoms with Crippen LogP contribution in [0.1, 0.15) is 6.42 Å². The van der Waals surface area contributed by atoms with Crippen molar-refractivity contribution in [2.24, 2.45) is 0 Å². The van der Waals surface area contributed by atoms with Gasteiger partial charge in [0.15, 0.2) is 0 Å². The Morgan fingerprint density at radius 2 is 2.12 bits per heavy atom. The zero-order chi connectivity index (χ0) is 17.8. The molecule has 3 rings (SSSR count). The summed E-state index contributed by atoms with van der Waals surface area (Å²) >= 11 is 7.58. The van der Waals surface area contributed by atoms with Gasteiger partial charge in [-0.1, -0.05) is 23.7 Å². The molecule has 130 valence electrons. The van der Waals surface area contributed by atoms with Gasteiger partial charge in [0, 0.05) is 23.5 Å². The van der Waals surface area contributed by atoms with Crippen molar-refractivity contribution < 1.29 is 14.3 Å². The zero-order valence-corrected chi connectivity index (χ0v) is 15.2. The second-order valence-corrected chi connectivity index (χ2v) is 6.87. The molecule has 1 aliphatic rings. The number of amides is 2. The summed E-state index contributed by atoms with van der Waals surface area (Å²) in [6.07, 6.45) is 0.203. The van der Waals surface area contributed by atoms with Crippen LogP contribution >= 0.6 is 23.4 Å². The highest BCUT2D eigenvalue weighted by atomic mass is 35.5. The Bertz CT molecular complexity index is 813. The first-order valence-electron chi connectivity index (χ1n) is 7.74. The SMILES string of the molecule is COc1ccc(NC(=O)CCN2C(=O)CSc3ccccc32)cc1Cl. The van der Waals surface area contributed by atoms with E-state index in [2.05, 4.69) is 5.32 Å². The number of methoxy groups -OCH3 is 1. The highest BCUT2D eigenvalue weighted by Crippen LogP contribution is 2.35. The number of thioether (sulfide) groups is 1. The number of halogens is 1. The van der Waals surface area contributed by atoms with Crippen molar-refractivity contribution in [1.82, 2.24) is 0 Å². The van der Waals surface area contributed by atoms with Crippen molar-refractivity contribution in [3.05, 3.63) is 47.5 Å². The number of nitrogens with one attached hydrogen (secondary N) is 1. The molecule has 25 heavy (non-hydrogen) atoms. The van der Waals surface area contributed by atoms with Crippen LogP contribution in [0, 0.1) is 0 Å². The maximum Gasteiger partial charge on any atom is 0.237 e. The van der Waals surface area contributed by atoms with E-state index in [1.807, 2.05) is 24.3 Å². The van der Waals surface area contributed by atoms with Gasteiger partial charge in [-0.3, -0.25) is 9.59 Å². The Hall–Kier alpha value is -2.18. The number of carbonyl (C=O) groups is 2. The second kappa shape index (κ2) is 7.80. The topological polar surface area (TPSA) is 58.6 Å². The normalized spacial score (nSPS) is 13.4. The summed E-state index contributed by atoms with van der Waals surface area (Å²) in [6, 6.07) is 12.8. The third-order valence-corrected chi connectivity index (χ3v) is 5.15. The minimum atomic E-state index is -0.176. The Morgan fingerprint density at radius 1 is 1.32 bits per heavy atom. The molecule has 0 spiro atoms. The first-order chi connectivity index (χ1) is 12.1. The van der Waals surface area contributed by atoms with Crippen LogP contribution in [0.15, 0.2) is 47.4 Å². The first-order valence-corrected chi connectivity index (χ1v) is 9.10. The lowest BCUT2D eigenvalue weighted by Crippen LogP contribution is -2.37. The van der Waals surface area contributed by atoms with Crippen molar-refractivity contribution in [3.63, 3.8) is 0 Å². The summed E-state index contributed by atoms with van der Waals surface area (Å²) in [5.74, 6) is 0.786. The van der Waals surface area contributed by atoms with Crippen LogP contribution in [0.4, 0.5) is 11.4 Å². The van der Waals surface area contributed by atoms with Crippen molar-refractivity contribution in [2.75, 3.05) is 29.6 Å². The Balaban J connectivity index is 1.63. The highest BCUT2D eigenvalue weighted by molar-refractivity contribution is 8.00. The summed E-state index contributed by atoms with van der Waals surface area (Å²) in [6.45, 7) is 0.339. The average Bonchev–Trinajstić information content (AvgIpc) is 2.61. The summed E-state index contributed by atoms with van der Waals surface area (Å²) in [5.41, 5.74) is 1.46. The maximum atomic E-state index is 12.2. The number of hydrogen-bond donors (Lipinski definition) is 1. The van der Waals surface area contributed by atoms with E-state index in [9.17, 15) is 9.59 Å². The number of anilines is 2. The summed E-state index contributed by atoms with van der Waals surface area (Å²) < 4.78 is 5.09. The molecule has 0 aromatic heterocycles. The molecule has 1 heterocycles. The molecule has 1 aliphatic heterocycles. The second-order valence-electron chi connectivity index (χ2n) is 5.45. The van der Waals surface area contributed by atoms with Crippen LogP contribution in [-0.2, 0) is 9.59 Å². The van der Waals surface area contributed by atoms with Crippen molar-refractivity contribution >= 4 is 46.6 Å². The van der Waals surface area contributed by atoms with E-state index in [1.165, 1.54) is 18.9 Å². The Kier molecular flexibility index (Phi) is 5.50. The molecule has 1 N–H and O–H groups in total. The van der Waals surface area contributed by atoms with Gasteiger partial charge in [0.2, 0.25) is 11.8 Å². The van der Waals surface area contributed by atoms with Gasteiger partial charge in [0.1, 0.15) is 5.75 Å². The van der Waals surface area contributed by atoms with Crippen LogP contribution < -0.4 is 15.0 Å². The fourth-order valence-electron chi connectivity index (χ4n) is 2.58. The molecule has 5 nitrogen and oxygen atoms in total. The third kappa shape index (κ3) is 4.08.